The molecule has 0 aromatic carbocycles. The first kappa shape index (κ1) is 103. The average molecular weight is 1540 g/mol. The second-order valence-electron chi connectivity index (χ2n) is 31.4. The molecule has 0 aliphatic heterocycles. The molecule has 0 rings (SSSR count). The quantitative estimate of drug-likeness (QED) is 0.0222. The Hall–Kier alpha value is -1.94. The number of carbonyl (C=O) groups excluding carboxylic acids is 4. The third-order valence-corrected chi connectivity index (χ3v) is 22.2. The summed E-state index contributed by atoms with van der Waals surface area (Å²) < 4.78 is 68.8. The van der Waals surface area contributed by atoms with E-state index in [1.807, 2.05) is 0 Å². The van der Waals surface area contributed by atoms with E-state index >= 15 is 0 Å². The molecule has 0 fully saturated rings. The number of ether oxygens (including phenoxy) is 4. The highest BCUT2D eigenvalue weighted by molar-refractivity contribution is 7.47. The number of aliphatic hydroxyl groups is 1. The van der Waals surface area contributed by atoms with E-state index in [0.29, 0.717) is 31.6 Å². The van der Waals surface area contributed by atoms with Crippen LogP contribution in [0.1, 0.15) is 465 Å². The van der Waals surface area contributed by atoms with Gasteiger partial charge in [-0.3, -0.25) is 37.3 Å². The van der Waals surface area contributed by atoms with Gasteiger partial charge in [-0.15, -0.1) is 0 Å². The van der Waals surface area contributed by atoms with Gasteiger partial charge in [0.1, 0.15) is 19.3 Å². The lowest BCUT2D eigenvalue weighted by atomic mass is 10.0. The SMILES string of the molecule is CCCCCCCCCCCCCCCCCCCCCCCCC(=O)O[C@H](COC(=O)CCCCCCCCCCCCCCCCCCC)COP(=O)(O)OC[C@@H](O)COP(=O)(O)OC[C@@H](COC(=O)CCCCCCCCC(C)C)OC(=O)CCCCCCCCCCCCCCCCCCC. The molecule has 105 heavy (non-hydrogen) atoms. The van der Waals surface area contributed by atoms with Crippen LogP contribution in [0.15, 0.2) is 0 Å². The molecule has 0 bridgehead atoms. The molecule has 0 radical (unpaired) electrons. The van der Waals surface area contributed by atoms with Crippen molar-refractivity contribution < 1.29 is 80.2 Å². The standard InChI is InChI=1S/C86H168O17P2/c1-6-9-12-15-18-21-24-27-30-33-34-35-36-37-40-43-46-49-52-55-62-66-71-85(90)102-81(75-96-83(88)69-64-59-53-50-47-44-41-38-31-28-25-22-19-16-13-10-7-2)77-100-104(92,93)98-73-80(87)74-99-105(94,95)101-78-82(76-97-84(89)70-65-60-57-56-58-63-68-79(4)5)103-86(91)72-67-61-54-51-48-45-42-39-32-29-26-23-20-17-14-11-8-3/h79-82,87H,6-78H2,1-5H3,(H,92,93)(H,94,95)/t80-,81-,82-/m1/s1. The van der Waals surface area contributed by atoms with Crippen LogP contribution in [-0.2, 0) is 65.4 Å². The fourth-order valence-corrected chi connectivity index (χ4v) is 15.1. The molecule has 19 heteroatoms. The van der Waals surface area contributed by atoms with E-state index in [2.05, 4.69) is 34.6 Å². The first-order chi connectivity index (χ1) is 51.0. The number of phosphoric acid groups is 2. The first-order valence-electron chi connectivity index (χ1n) is 44.6. The number of esters is 4. The van der Waals surface area contributed by atoms with Gasteiger partial charge in [-0.1, -0.05) is 413 Å². The van der Waals surface area contributed by atoms with E-state index in [-0.39, 0.29) is 25.7 Å². The molecule has 624 valence electrons. The van der Waals surface area contributed by atoms with Gasteiger partial charge in [-0.2, -0.15) is 0 Å². The fourth-order valence-electron chi connectivity index (χ4n) is 13.5. The van der Waals surface area contributed by atoms with E-state index < -0.39 is 97.5 Å². The Kier molecular flexibility index (Phi) is 77.3. The number of carbonyl (C=O) groups is 4. The molecule has 5 atom stereocenters. The maximum atomic E-state index is 13.1. The monoisotopic (exact) mass is 1540 g/mol. The fraction of sp³-hybridized carbons (Fsp3) is 0.953. The number of hydrogen-bond donors (Lipinski definition) is 3. The van der Waals surface area contributed by atoms with Gasteiger partial charge in [0.05, 0.1) is 26.4 Å². The van der Waals surface area contributed by atoms with Crippen LogP contribution in [0.2, 0.25) is 0 Å². The summed E-state index contributed by atoms with van der Waals surface area (Å²) in [7, 11) is -9.93. The van der Waals surface area contributed by atoms with E-state index in [1.54, 1.807) is 0 Å². The Morgan fingerprint density at radius 1 is 0.257 bits per heavy atom. The minimum atomic E-state index is -4.96. The Bertz CT molecular complexity index is 2000. The molecule has 3 N–H and O–H groups in total. The van der Waals surface area contributed by atoms with Gasteiger partial charge < -0.3 is 33.8 Å². The van der Waals surface area contributed by atoms with Gasteiger partial charge >= 0.3 is 39.5 Å². The summed E-state index contributed by atoms with van der Waals surface area (Å²) in [6, 6.07) is 0. The molecule has 0 heterocycles. The first-order valence-corrected chi connectivity index (χ1v) is 47.6. The van der Waals surface area contributed by atoms with Gasteiger partial charge in [-0.05, 0) is 31.6 Å². The topological polar surface area (TPSA) is 237 Å². The van der Waals surface area contributed by atoms with Crippen molar-refractivity contribution >= 4 is 39.5 Å². The molecule has 0 aromatic rings. The van der Waals surface area contributed by atoms with Crippen LogP contribution in [0.3, 0.4) is 0 Å². The van der Waals surface area contributed by atoms with Crippen molar-refractivity contribution in [1.29, 1.82) is 0 Å². The molecule has 0 saturated carbocycles. The molecule has 17 nitrogen and oxygen atoms in total. The summed E-state index contributed by atoms with van der Waals surface area (Å²) >= 11 is 0. The van der Waals surface area contributed by atoms with Gasteiger partial charge in [-0.25, -0.2) is 9.13 Å². The zero-order valence-electron chi connectivity index (χ0n) is 68.9. The maximum Gasteiger partial charge on any atom is 0.472 e. The van der Waals surface area contributed by atoms with Crippen LogP contribution in [0.4, 0.5) is 0 Å². The molecule has 2 unspecified atom stereocenters. The predicted octanol–water partition coefficient (Wildman–Crippen LogP) is 26.4. The summed E-state index contributed by atoms with van der Waals surface area (Å²) in [5.74, 6) is -1.42. The lowest BCUT2D eigenvalue weighted by Crippen LogP contribution is -2.30. The molecule has 0 amide bonds. The van der Waals surface area contributed by atoms with E-state index in [4.69, 9.17) is 37.0 Å². The van der Waals surface area contributed by atoms with Crippen molar-refractivity contribution in [1.82, 2.24) is 0 Å². The van der Waals surface area contributed by atoms with E-state index in [9.17, 15) is 43.2 Å². The lowest BCUT2D eigenvalue weighted by Gasteiger charge is -2.21. The zero-order valence-corrected chi connectivity index (χ0v) is 70.7. The van der Waals surface area contributed by atoms with Crippen LogP contribution in [-0.4, -0.2) is 96.7 Å². The molecular formula is C86H168O17P2. The van der Waals surface area contributed by atoms with Crippen LogP contribution in [0, 0.1) is 5.92 Å². The van der Waals surface area contributed by atoms with Crippen molar-refractivity contribution in [3.05, 3.63) is 0 Å². The van der Waals surface area contributed by atoms with Crippen molar-refractivity contribution in [2.45, 2.75) is 483 Å². The van der Waals surface area contributed by atoms with Gasteiger partial charge in [0, 0.05) is 25.7 Å². The average Bonchev–Trinajstić information content (AvgIpc) is 0.917. The highest BCUT2D eigenvalue weighted by atomic mass is 31.2. The number of aliphatic hydroxyl groups excluding tert-OH is 1. The van der Waals surface area contributed by atoms with E-state index in [0.717, 1.165) is 96.3 Å². The van der Waals surface area contributed by atoms with Crippen LogP contribution >= 0.6 is 15.6 Å². The van der Waals surface area contributed by atoms with Crippen LogP contribution in [0.5, 0.6) is 0 Å². The van der Waals surface area contributed by atoms with Gasteiger partial charge in [0.2, 0.25) is 0 Å². The summed E-state index contributed by atoms with van der Waals surface area (Å²) in [6.07, 6.45) is 72.5. The summed E-state index contributed by atoms with van der Waals surface area (Å²) in [5.41, 5.74) is 0. The minimum absolute atomic E-state index is 0.108. The second kappa shape index (κ2) is 78.7. The Morgan fingerprint density at radius 2 is 0.438 bits per heavy atom. The Labute approximate surface area is 645 Å². The molecule has 0 aromatic heterocycles. The summed E-state index contributed by atoms with van der Waals surface area (Å²) in [4.78, 5) is 73.2. The third-order valence-electron chi connectivity index (χ3n) is 20.3. The number of hydrogen-bond acceptors (Lipinski definition) is 15. The predicted molar refractivity (Wildman–Crippen MR) is 432 cm³/mol. The Balaban J connectivity index is 5.20. The number of rotatable bonds is 86. The van der Waals surface area contributed by atoms with Crippen LogP contribution in [0.25, 0.3) is 0 Å². The maximum absolute atomic E-state index is 13.1. The largest absolute Gasteiger partial charge is 0.472 e. The number of phosphoric ester groups is 2. The van der Waals surface area contributed by atoms with Crippen LogP contribution < -0.4 is 0 Å². The summed E-state index contributed by atoms with van der Waals surface area (Å²) in [6.45, 7) is 7.28. The molecule has 0 saturated heterocycles. The smallest absolute Gasteiger partial charge is 0.462 e. The Morgan fingerprint density at radius 3 is 0.648 bits per heavy atom. The number of unbranched alkanes of at least 4 members (excludes halogenated alkanes) is 58. The van der Waals surface area contributed by atoms with Gasteiger partial charge in [0.15, 0.2) is 12.2 Å². The van der Waals surface area contributed by atoms with Crippen molar-refractivity contribution in [3.8, 4) is 0 Å². The van der Waals surface area contributed by atoms with Crippen molar-refractivity contribution in [2.24, 2.45) is 5.92 Å². The molecule has 0 spiro atoms. The highest BCUT2D eigenvalue weighted by Crippen LogP contribution is 2.45. The molecule has 0 aliphatic rings. The van der Waals surface area contributed by atoms with Crippen molar-refractivity contribution in [3.63, 3.8) is 0 Å². The molecular weight excluding hydrogens is 1370 g/mol. The second-order valence-corrected chi connectivity index (χ2v) is 34.3. The lowest BCUT2D eigenvalue weighted by molar-refractivity contribution is -0.161. The highest BCUT2D eigenvalue weighted by Gasteiger charge is 2.30. The molecule has 0 aliphatic carbocycles. The third kappa shape index (κ3) is 79.9. The van der Waals surface area contributed by atoms with Gasteiger partial charge in [0.25, 0.3) is 0 Å². The minimum Gasteiger partial charge on any atom is -0.462 e. The normalized spacial score (nSPS) is 13.8. The van der Waals surface area contributed by atoms with Crippen molar-refractivity contribution in [2.75, 3.05) is 39.6 Å². The van der Waals surface area contributed by atoms with E-state index in [1.165, 1.54) is 283 Å². The summed E-state index contributed by atoms with van der Waals surface area (Å²) in [5, 5.41) is 10.7. The zero-order chi connectivity index (χ0) is 76.9.